The Morgan fingerprint density at radius 3 is 2.56 bits per heavy atom. The molecule has 1 N–H and O–H groups in total. The molecule has 5 rings (SSSR count). The number of nitrogens with zero attached hydrogens (tertiary/aromatic N) is 4. The van der Waals surface area contributed by atoms with Gasteiger partial charge < -0.3 is 15.1 Å². The number of piperazine rings is 1. The molecule has 1 saturated heterocycles. The molecule has 2 amide bonds. The van der Waals surface area contributed by atoms with Gasteiger partial charge in [-0.2, -0.15) is 4.31 Å². The summed E-state index contributed by atoms with van der Waals surface area (Å²) in [7, 11) is -1.89. The van der Waals surface area contributed by atoms with Gasteiger partial charge in [-0.15, -0.1) is 23.7 Å². The number of rotatable bonds is 5. The van der Waals surface area contributed by atoms with Gasteiger partial charge in [0.15, 0.2) is 5.01 Å². The van der Waals surface area contributed by atoms with Crippen LogP contribution in [0.2, 0.25) is 5.02 Å². The van der Waals surface area contributed by atoms with Crippen LogP contribution in [0.3, 0.4) is 0 Å². The zero-order valence-corrected chi connectivity index (χ0v) is 25.1. The number of halogens is 2. The predicted molar refractivity (Wildman–Crippen MR) is 155 cm³/mol. The normalized spacial score (nSPS) is 18.6. The molecule has 9 nitrogen and oxygen atoms in total. The lowest BCUT2D eigenvalue weighted by Gasteiger charge is -2.39. The van der Waals surface area contributed by atoms with E-state index in [9.17, 15) is 18.0 Å². The molecular formula is C26H31Cl2N5O4S2. The Hall–Kier alpha value is -2.28. The number of hydrogen-bond donors (Lipinski definition) is 1. The third-order valence-corrected chi connectivity index (χ3v) is 10.0. The van der Waals surface area contributed by atoms with E-state index in [2.05, 4.69) is 15.2 Å². The van der Waals surface area contributed by atoms with Crippen molar-refractivity contribution >= 4 is 68.0 Å². The summed E-state index contributed by atoms with van der Waals surface area (Å²) >= 11 is 7.43. The molecule has 2 aliphatic heterocycles. The highest BCUT2D eigenvalue weighted by Crippen LogP contribution is 2.29. The van der Waals surface area contributed by atoms with Crippen LogP contribution in [0.4, 0.5) is 0 Å². The zero-order chi connectivity index (χ0) is 27.2. The first kappa shape index (κ1) is 29.7. The van der Waals surface area contributed by atoms with Crippen LogP contribution in [-0.4, -0.2) is 84.6 Å². The molecular weight excluding hydrogens is 581 g/mol. The maximum Gasteiger partial charge on any atom is 0.283 e. The average molecular weight is 613 g/mol. The van der Waals surface area contributed by atoms with Crippen LogP contribution in [0, 0.1) is 0 Å². The standard InChI is InChI=1S/C26H30ClN5O4S2.ClH/c1-16(2)28-24(33)22-14-31(38(35,36)20-7-5-17-12-19(27)6-4-18(17)13-20)10-11-32(22)26(34)25-29-21-8-9-30(3)15-23(21)37-25;/h4-7,12-13,16,22H,8-11,14-15H2,1-3H3,(H,28,33);1H. The van der Waals surface area contributed by atoms with Gasteiger partial charge in [-0.25, -0.2) is 13.4 Å². The summed E-state index contributed by atoms with van der Waals surface area (Å²) in [6.07, 6.45) is 0.775. The van der Waals surface area contributed by atoms with Crippen LogP contribution < -0.4 is 5.32 Å². The van der Waals surface area contributed by atoms with Gasteiger partial charge in [0.2, 0.25) is 15.9 Å². The number of fused-ring (bicyclic) bond motifs is 2. The van der Waals surface area contributed by atoms with Crippen molar-refractivity contribution in [2.45, 2.75) is 43.8 Å². The highest BCUT2D eigenvalue weighted by atomic mass is 35.5. The van der Waals surface area contributed by atoms with Gasteiger partial charge in [0.05, 0.1) is 10.6 Å². The Labute approximate surface area is 243 Å². The lowest BCUT2D eigenvalue weighted by atomic mass is 10.1. The number of sulfonamides is 1. The van der Waals surface area contributed by atoms with E-state index in [0.29, 0.717) is 10.0 Å². The Bertz CT molecular complexity index is 1510. The Balaban J connectivity index is 0.00000353. The van der Waals surface area contributed by atoms with Crippen molar-refractivity contribution in [3.63, 3.8) is 0 Å². The summed E-state index contributed by atoms with van der Waals surface area (Å²) in [6, 6.07) is 9.00. The second kappa shape index (κ2) is 11.7. The fourth-order valence-corrected chi connectivity index (χ4v) is 7.66. The molecule has 13 heteroatoms. The predicted octanol–water partition coefficient (Wildman–Crippen LogP) is 3.40. The molecule has 0 saturated carbocycles. The molecule has 3 heterocycles. The topological polar surface area (TPSA) is 103 Å². The van der Waals surface area contributed by atoms with E-state index in [1.165, 1.54) is 20.5 Å². The van der Waals surface area contributed by atoms with Crippen LogP contribution >= 0.6 is 35.3 Å². The summed E-state index contributed by atoms with van der Waals surface area (Å²) in [4.78, 5) is 36.3. The summed E-state index contributed by atoms with van der Waals surface area (Å²) in [5.74, 6) is -0.724. The molecule has 1 atom stereocenters. The molecule has 0 aliphatic carbocycles. The molecule has 1 aromatic heterocycles. The fraction of sp³-hybridized carbons (Fsp3) is 0.423. The summed E-state index contributed by atoms with van der Waals surface area (Å²) in [5, 5.41) is 5.35. The van der Waals surface area contributed by atoms with Gasteiger partial charge in [0.25, 0.3) is 5.91 Å². The minimum atomic E-state index is -3.92. The monoisotopic (exact) mass is 611 g/mol. The zero-order valence-electron chi connectivity index (χ0n) is 21.9. The minimum Gasteiger partial charge on any atom is -0.352 e. The Morgan fingerprint density at radius 2 is 1.82 bits per heavy atom. The van der Waals surface area contributed by atoms with Crippen molar-refractivity contribution in [3.05, 3.63) is 57.0 Å². The van der Waals surface area contributed by atoms with Crippen LogP contribution in [0.25, 0.3) is 10.8 Å². The number of carbonyl (C=O) groups is 2. The summed E-state index contributed by atoms with van der Waals surface area (Å²) in [5.41, 5.74) is 0.929. The Morgan fingerprint density at radius 1 is 1.10 bits per heavy atom. The van der Waals surface area contributed by atoms with Crippen LogP contribution in [0.1, 0.15) is 34.2 Å². The largest absolute Gasteiger partial charge is 0.352 e. The first-order valence-electron chi connectivity index (χ1n) is 12.5. The van der Waals surface area contributed by atoms with Crippen LogP contribution in [-0.2, 0) is 27.8 Å². The van der Waals surface area contributed by atoms with Crippen molar-refractivity contribution < 1.29 is 18.0 Å². The van der Waals surface area contributed by atoms with E-state index in [1.54, 1.807) is 36.4 Å². The molecule has 2 aliphatic rings. The van der Waals surface area contributed by atoms with E-state index in [1.807, 2.05) is 20.9 Å². The van der Waals surface area contributed by atoms with Crippen molar-refractivity contribution in [1.29, 1.82) is 0 Å². The molecule has 0 spiro atoms. The number of aromatic nitrogens is 1. The van der Waals surface area contributed by atoms with Crippen molar-refractivity contribution in [2.24, 2.45) is 0 Å². The quantitative estimate of drug-likeness (QED) is 0.474. The lowest BCUT2D eigenvalue weighted by molar-refractivity contribution is -0.127. The molecule has 1 unspecified atom stereocenters. The lowest BCUT2D eigenvalue weighted by Crippen LogP contribution is -2.62. The molecule has 0 radical (unpaired) electrons. The number of carbonyl (C=O) groups excluding carboxylic acids is 2. The molecule has 210 valence electrons. The second-order valence-electron chi connectivity index (χ2n) is 10.1. The van der Waals surface area contributed by atoms with Gasteiger partial charge in [-0.05, 0) is 55.9 Å². The van der Waals surface area contributed by atoms with E-state index < -0.39 is 16.1 Å². The van der Waals surface area contributed by atoms with E-state index in [0.717, 1.165) is 40.9 Å². The SMILES string of the molecule is CC(C)NC(=O)C1CN(S(=O)(=O)c2ccc3cc(Cl)ccc3c2)CCN1C(=O)c1nc2c(s1)CN(C)CC2.Cl. The molecule has 0 bridgehead atoms. The third kappa shape index (κ3) is 6.08. The van der Waals surface area contributed by atoms with Gasteiger partial charge >= 0.3 is 0 Å². The van der Waals surface area contributed by atoms with Gasteiger partial charge in [0, 0.05) is 55.1 Å². The van der Waals surface area contributed by atoms with Gasteiger partial charge in [-0.1, -0.05) is 23.7 Å². The molecule has 39 heavy (non-hydrogen) atoms. The number of hydrogen-bond acceptors (Lipinski definition) is 7. The number of likely N-dealkylation sites (N-methyl/N-ethyl adjacent to an activating group) is 1. The highest BCUT2D eigenvalue weighted by molar-refractivity contribution is 7.89. The van der Waals surface area contributed by atoms with Gasteiger partial charge in [0.1, 0.15) is 6.04 Å². The number of thiazole rings is 1. The van der Waals surface area contributed by atoms with E-state index >= 15 is 0 Å². The average Bonchev–Trinajstić information content (AvgIpc) is 3.30. The first-order valence-corrected chi connectivity index (χ1v) is 15.1. The molecule has 3 aromatic rings. The van der Waals surface area contributed by atoms with Crippen molar-refractivity contribution in [1.82, 2.24) is 24.4 Å². The van der Waals surface area contributed by atoms with Crippen molar-refractivity contribution in [3.8, 4) is 0 Å². The van der Waals surface area contributed by atoms with Gasteiger partial charge in [-0.3, -0.25) is 9.59 Å². The highest BCUT2D eigenvalue weighted by Gasteiger charge is 2.41. The second-order valence-corrected chi connectivity index (χ2v) is 13.5. The maximum absolute atomic E-state index is 13.6. The van der Waals surface area contributed by atoms with E-state index in [-0.39, 0.29) is 54.8 Å². The first-order chi connectivity index (χ1) is 18.0. The minimum absolute atomic E-state index is 0. The maximum atomic E-state index is 13.6. The smallest absolute Gasteiger partial charge is 0.283 e. The summed E-state index contributed by atoms with van der Waals surface area (Å²) in [6.45, 7) is 5.29. The fourth-order valence-electron chi connectivity index (χ4n) is 4.87. The molecule has 2 aromatic carbocycles. The number of nitrogens with one attached hydrogen (secondary N) is 1. The van der Waals surface area contributed by atoms with Crippen molar-refractivity contribution in [2.75, 3.05) is 33.2 Å². The third-order valence-electron chi connectivity index (χ3n) is 6.85. The number of benzene rings is 2. The van der Waals surface area contributed by atoms with Crippen LogP contribution in [0.5, 0.6) is 0 Å². The van der Waals surface area contributed by atoms with Crippen LogP contribution in [0.15, 0.2) is 41.3 Å². The summed E-state index contributed by atoms with van der Waals surface area (Å²) < 4.78 is 28.6. The van der Waals surface area contributed by atoms with E-state index in [4.69, 9.17) is 11.6 Å². The Kier molecular flexibility index (Phi) is 8.89. The number of amides is 2. The molecule has 1 fully saturated rings.